The minimum Gasteiger partial charge on any atom is -0.301 e. The molecule has 0 saturated carbocycles. The third-order valence-corrected chi connectivity index (χ3v) is 6.45. The lowest BCUT2D eigenvalue weighted by molar-refractivity contribution is 0.152. The number of rotatable bonds is 5. The number of halogens is 1. The Morgan fingerprint density at radius 3 is 2.12 bits per heavy atom. The number of alkyl halides is 1. The van der Waals surface area contributed by atoms with E-state index in [9.17, 15) is 8.42 Å². The third kappa shape index (κ3) is 3.42. The van der Waals surface area contributed by atoms with Crippen LogP contribution in [0, 0.1) is 0 Å². The van der Waals surface area contributed by atoms with Crippen LogP contribution in [0.4, 0.5) is 0 Å². The highest BCUT2D eigenvalue weighted by molar-refractivity contribution is 9.10. The fourth-order valence-electron chi connectivity index (χ4n) is 2.29. The molecule has 0 N–H and O–H groups in total. The van der Waals surface area contributed by atoms with E-state index in [0.717, 1.165) is 25.9 Å². The molecule has 6 heteroatoms. The summed E-state index contributed by atoms with van der Waals surface area (Å²) in [5.74, 6) is 0. The summed E-state index contributed by atoms with van der Waals surface area (Å²) in [6.07, 6.45) is 1.90. The van der Waals surface area contributed by atoms with Crippen molar-refractivity contribution < 1.29 is 8.42 Å². The van der Waals surface area contributed by atoms with Gasteiger partial charge in [-0.3, -0.25) is 0 Å². The molecule has 96 valence electrons. The van der Waals surface area contributed by atoms with Gasteiger partial charge in [-0.15, -0.1) is 0 Å². The van der Waals surface area contributed by atoms with Crippen LogP contribution in [0.3, 0.4) is 0 Å². The zero-order valence-electron chi connectivity index (χ0n) is 10.0. The van der Waals surface area contributed by atoms with Gasteiger partial charge in [-0.2, -0.15) is 0 Å². The van der Waals surface area contributed by atoms with Gasteiger partial charge in [0.15, 0.2) is 0 Å². The molecule has 0 aromatic carbocycles. The van der Waals surface area contributed by atoms with Gasteiger partial charge in [0.25, 0.3) is 0 Å². The molecule has 1 fully saturated rings. The second-order valence-corrected chi connectivity index (χ2v) is 7.34. The van der Waals surface area contributed by atoms with Gasteiger partial charge in [-0.25, -0.2) is 12.7 Å². The van der Waals surface area contributed by atoms with Crippen LogP contribution < -0.4 is 0 Å². The first-order chi connectivity index (χ1) is 7.55. The lowest BCUT2D eigenvalue weighted by atomic mass is 10.1. The maximum Gasteiger partial charge on any atom is 0.224 e. The Morgan fingerprint density at radius 1 is 1.25 bits per heavy atom. The van der Waals surface area contributed by atoms with Crippen molar-refractivity contribution in [3.63, 3.8) is 0 Å². The minimum absolute atomic E-state index is 0.0376. The molecule has 0 aromatic heterocycles. The van der Waals surface area contributed by atoms with Crippen molar-refractivity contribution in [1.82, 2.24) is 9.21 Å². The fourth-order valence-corrected chi connectivity index (χ4v) is 4.07. The first kappa shape index (κ1) is 14.4. The van der Waals surface area contributed by atoms with Crippen LogP contribution in [-0.4, -0.2) is 54.5 Å². The summed E-state index contributed by atoms with van der Waals surface area (Å²) < 4.78 is 24.9. The van der Waals surface area contributed by atoms with E-state index in [1.165, 1.54) is 0 Å². The molecule has 0 spiro atoms. The Labute approximate surface area is 107 Å². The van der Waals surface area contributed by atoms with Gasteiger partial charge in [-0.1, -0.05) is 29.8 Å². The Balaban J connectivity index is 2.51. The zero-order valence-corrected chi connectivity index (χ0v) is 12.4. The van der Waals surface area contributed by atoms with E-state index in [4.69, 9.17) is 0 Å². The summed E-state index contributed by atoms with van der Waals surface area (Å²) >= 11 is 3.04. The Hall–Kier alpha value is 0.350. The smallest absolute Gasteiger partial charge is 0.224 e. The standard InChI is InChI=1S/C10H21BrN2O2S/c1-3-12(4-2)10-5-7-13(8-6-10)16(14,15)9-11/h10H,3-9H2,1-2H3. The zero-order chi connectivity index (χ0) is 12.2. The quantitative estimate of drug-likeness (QED) is 0.722. The van der Waals surface area contributed by atoms with Crippen molar-refractivity contribution in [1.29, 1.82) is 0 Å². The molecule has 1 aliphatic rings. The summed E-state index contributed by atoms with van der Waals surface area (Å²) in [5.41, 5.74) is 0. The Bertz CT molecular complexity index is 296. The van der Waals surface area contributed by atoms with Gasteiger partial charge >= 0.3 is 0 Å². The molecular formula is C10H21BrN2O2S. The van der Waals surface area contributed by atoms with Crippen LogP contribution >= 0.6 is 15.9 Å². The highest BCUT2D eigenvalue weighted by Gasteiger charge is 2.28. The van der Waals surface area contributed by atoms with E-state index in [-0.39, 0.29) is 4.66 Å². The second kappa shape index (κ2) is 6.33. The van der Waals surface area contributed by atoms with Crippen molar-refractivity contribution in [2.24, 2.45) is 0 Å². The molecule has 16 heavy (non-hydrogen) atoms. The van der Waals surface area contributed by atoms with Gasteiger partial charge in [0.2, 0.25) is 10.0 Å². The monoisotopic (exact) mass is 312 g/mol. The molecule has 0 aromatic rings. The molecule has 1 heterocycles. The van der Waals surface area contributed by atoms with Crippen LogP contribution in [-0.2, 0) is 10.0 Å². The van der Waals surface area contributed by atoms with E-state index in [2.05, 4.69) is 34.7 Å². The van der Waals surface area contributed by atoms with Crippen LogP contribution in [0.5, 0.6) is 0 Å². The number of sulfonamides is 1. The van der Waals surface area contributed by atoms with Crippen molar-refractivity contribution >= 4 is 26.0 Å². The molecule has 0 atom stereocenters. The second-order valence-electron chi connectivity index (χ2n) is 4.07. The molecule has 0 unspecified atom stereocenters. The molecule has 0 aliphatic carbocycles. The molecule has 1 saturated heterocycles. The highest BCUT2D eigenvalue weighted by atomic mass is 79.9. The number of hydrogen-bond donors (Lipinski definition) is 0. The van der Waals surface area contributed by atoms with Crippen molar-refractivity contribution in [2.45, 2.75) is 32.7 Å². The van der Waals surface area contributed by atoms with E-state index < -0.39 is 10.0 Å². The van der Waals surface area contributed by atoms with E-state index >= 15 is 0 Å². The Kier molecular flexibility index (Phi) is 5.70. The van der Waals surface area contributed by atoms with Gasteiger partial charge < -0.3 is 4.90 Å². The van der Waals surface area contributed by atoms with Gasteiger partial charge in [0, 0.05) is 19.1 Å². The van der Waals surface area contributed by atoms with Crippen molar-refractivity contribution in [3.05, 3.63) is 0 Å². The van der Waals surface area contributed by atoms with Crippen molar-refractivity contribution in [3.8, 4) is 0 Å². The summed E-state index contributed by atoms with van der Waals surface area (Å²) in [6.45, 7) is 7.74. The molecule has 1 rings (SSSR count). The SMILES string of the molecule is CCN(CC)C1CCN(S(=O)(=O)CBr)CC1. The maximum absolute atomic E-state index is 11.6. The van der Waals surface area contributed by atoms with Crippen molar-refractivity contribution in [2.75, 3.05) is 30.8 Å². The average Bonchev–Trinajstić information content (AvgIpc) is 2.31. The molecule has 4 nitrogen and oxygen atoms in total. The molecular weight excluding hydrogens is 292 g/mol. The van der Waals surface area contributed by atoms with Gasteiger partial charge in [0.05, 0.1) is 0 Å². The predicted molar refractivity (Wildman–Crippen MR) is 70.2 cm³/mol. The minimum atomic E-state index is -3.05. The first-order valence-corrected chi connectivity index (χ1v) is 8.56. The molecule has 0 amide bonds. The highest BCUT2D eigenvalue weighted by Crippen LogP contribution is 2.19. The van der Waals surface area contributed by atoms with Crippen LogP contribution in [0.25, 0.3) is 0 Å². The average molecular weight is 313 g/mol. The summed E-state index contributed by atoms with van der Waals surface area (Å²) in [4.78, 5) is 2.41. The number of hydrogen-bond acceptors (Lipinski definition) is 3. The lowest BCUT2D eigenvalue weighted by Crippen LogP contribution is -2.46. The largest absolute Gasteiger partial charge is 0.301 e. The molecule has 1 aliphatic heterocycles. The number of piperidine rings is 1. The normalized spacial score (nSPS) is 20.5. The lowest BCUT2D eigenvalue weighted by Gasteiger charge is -2.36. The van der Waals surface area contributed by atoms with E-state index in [1.54, 1.807) is 4.31 Å². The molecule has 0 bridgehead atoms. The predicted octanol–water partition coefficient (Wildman–Crippen LogP) is 1.47. The van der Waals surface area contributed by atoms with Gasteiger partial charge in [0.1, 0.15) is 4.66 Å². The van der Waals surface area contributed by atoms with Gasteiger partial charge in [-0.05, 0) is 25.9 Å². The number of nitrogens with zero attached hydrogens (tertiary/aromatic N) is 2. The molecule has 0 radical (unpaired) electrons. The summed E-state index contributed by atoms with van der Waals surface area (Å²) in [7, 11) is -3.05. The fraction of sp³-hybridized carbons (Fsp3) is 1.00. The van der Waals surface area contributed by atoms with Crippen LogP contribution in [0.2, 0.25) is 0 Å². The Morgan fingerprint density at radius 2 is 1.75 bits per heavy atom. The maximum atomic E-state index is 11.6. The van der Waals surface area contributed by atoms with E-state index in [0.29, 0.717) is 19.1 Å². The summed E-state index contributed by atoms with van der Waals surface area (Å²) in [6, 6.07) is 0.553. The summed E-state index contributed by atoms with van der Waals surface area (Å²) in [5, 5.41) is 0. The van der Waals surface area contributed by atoms with E-state index in [1.807, 2.05) is 0 Å². The van der Waals surface area contributed by atoms with Crippen LogP contribution in [0.15, 0.2) is 0 Å². The topological polar surface area (TPSA) is 40.6 Å². The van der Waals surface area contributed by atoms with Crippen LogP contribution in [0.1, 0.15) is 26.7 Å². The third-order valence-electron chi connectivity index (χ3n) is 3.28. The first-order valence-electron chi connectivity index (χ1n) is 5.83.